The van der Waals surface area contributed by atoms with Gasteiger partial charge in [0.1, 0.15) is 19.3 Å². The summed E-state index contributed by atoms with van der Waals surface area (Å²) in [6, 6.07) is -0.877. The fourth-order valence-electron chi connectivity index (χ4n) is 8.35. The normalized spacial score (nSPS) is 13.9. The number of quaternary nitrogens is 1. The molecule has 0 heterocycles. The molecule has 0 aliphatic carbocycles. The van der Waals surface area contributed by atoms with Gasteiger partial charge in [0.25, 0.3) is 7.82 Å². The summed E-state index contributed by atoms with van der Waals surface area (Å²) >= 11 is 0. The lowest BCUT2D eigenvalue weighted by molar-refractivity contribution is -0.870. The fraction of sp³-hybridized carbons (Fsp3) is 0.927. The van der Waals surface area contributed by atoms with E-state index in [2.05, 4.69) is 26.1 Å². The average molecular weight is 941 g/mol. The van der Waals surface area contributed by atoms with Crippen molar-refractivity contribution in [3.05, 3.63) is 12.2 Å². The predicted octanol–water partition coefficient (Wildman–Crippen LogP) is 15.8. The van der Waals surface area contributed by atoms with Gasteiger partial charge in [0.2, 0.25) is 5.91 Å². The first-order valence-corrected chi connectivity index (χ1v) is 29.5. The summed E-state index contributed by atoms with van der Waals surface area (Å²) in [5, 5.41) is 3.02. The molecular formula is C55H109N2O7P. The van der Waals surface area contributed by atoms with E-state index in [-0.39, 0.29) is 31.5 Å². The highest BCUT2D eigenvalue weighted by Gasteiger charge is 2.27. The van der Waals surface area contributed by atoms with Crippen LogP contribution in [-0.4, -0.2) is 69.4 Å². The fourth-order valence-corrected chi connectivity index (χ4v) is 9.07. The molecule has 0 aliphatic rings. The van der Waals surface area contributed by atoms with Crippen LogP contribution in [0.1, 0.15) is 278 Å². The summed E-state index contributed by atoms with van der Waals surface area (Å²) in [5.74, 6) is -0.527. The van der Waals surface area contributed by atoms with Crippen molar-refractivity contribution in [3.63, 3.8) is 0 Å². The van der Waals surface area contributed by atoms with Gasteiger partial charge in [0.15, 0.2) is 0 Å². The third-order valence-electron chi connectivity index (χ3n) is 12.7. The molecule has 0 saturated carbocycles. The number of amides is 1. The number of likely N-dealkylation sites (N-methyl/N-ethyl adjacent to an activating group) is 1. The minimum atomic E-state index is -4.68. The van der Waals surface area contributed by atoms with Gasteiger partial charge in [0, 0.05) is 12.8 Å². The Morgan fingerprint density at radius 3 is 1.26 bits per heavy atom. The number of allylic oxidation sites excluding steroid dienone is 1. The quantitative estimate of drug-likeness (QED) is 0.0212. The largest absolute Gasteiger partial charge is 0.756 e. The molecule has 0 fully saturated rings. The summed E-state index contributed by atoms with van der Waals surface area (Å²) in [6.45, 7) is 6.85. The molecule has 10 heteroatoms. The maximum atomic E-state index is 13.4. The maximum Gasteiger partial charge on any atom is 0.306 e. The van der Waals surface area contributed by atoms with Gasteiger partial charge in [0.05, 0.1) is 33.8 Å². The zero-order valence-electron chi connectivity index (χ0n) is 44.0. The van der Waals surface area contributed by atoms with Crippen molar-refractivity contribution < 1.29 is 37.3 Å². The number of ether oxygens (including phenoxy) is 1. The number of nitrogens with zero attached hydrogens (tertiary/aromatic N) is 1. The van der Waals surface area contributed by atoms with Crippen molar-refractivity contribution in [1.29, 1.82) is 0 Å². The molecule has 0 radical (unpaired) electrons. The van der Waals surface area contributed by atoms with E-state index < -0.39 is 20.0 Å². The molecule has 0 rings (SSSR count). The first-order valence-electron chi connectivity index (χ1n) is 28.0. The van der Waals surface area contributed by atoms with E-state index in [4.69, 9.17) is 13.8 Å². The van der Waals surface area contributed by atoms with E-state index >= 15 is 0 Å². The van der Waals surface area contributed by atoms with Gasteiger partial charge in [-0.1, -0.05) is 245 Å². The van der Waals surface area contributed by atoms with Crippen LogP contribution in [0.2, 0.25) is 0 Å². The molecule has 0 saturated heterocycles. The molecule has 0 spiro atoms. The summed E-state index contributed by atoms with van der Waals surface area (Å²) in [7, 11) is 1.20. The predicted molar refractivity (Wildman–Crippen MR) is 275 cm³/mol. The molecule has 0 bridgehead atoms. The van der Waals surface area contributed by atoms with Crippen molar-refractivity contribution in [3.8, 4) is 0 Å². The summed E-state index contributed by atoms with van der Waals surface area (Å²) in [4.78, 5) is 39.7. The van der Waals surface area contributed by atoms with Crippen LogP contribution in [0.25, 0.3) is 0 Å². The number of esters is 1. The monoisotopic (exact) mass is 941 g/mol. The van der Waals surface area contributed by atoms with Gasteiger partial charge in [-0.2, -0.15) is 0 Å². The van der Waals surface area contributed by atoms with Crippen LogP contribution in [0.3, 0.4) is 0 Å². The first-order chi connectivity index (χ1) is 31.4. The average Bonchev–Trinajstić information content (AvgIpc) is 3.26. The highest BCUT2D eigenvalue weighted by Crippen LogP contribution is 2.38. The zero-order chi connectivity index (χ0) is 48.0. The standard InChI is InChI=1S/C55H109N2O7P/c1-7-10-13-16-19-22-25-26-27-28-29-30-33-35-38-41-44-47-54(58)56-52(51-63-65(60,61)62-50-49-57(4,5)6)53(46-43-40-37-34-31-23-20-17-14-11-8-2)64-55(59)48-45-42-39-36-32-24-21-18-15-12-9-3/h43,46,52-53H,7-42,44-45,47-51H2,1-6H3,(H-,56,58,60,61)/b46-43+. The van der Waals surface area contributed by atoms with Crippen molar-refractivity contribution >= 4 is 19.7 Å². The Morgan fingerprint density at radius 2 is 0.877 bits per heavy atom. The smallest absolute Gasteiger partial charge is 0.306 e. The molecule has 0 aliphatic heterocycles. The van der Waals surface area contributed by atoms with E-state index in [0.717, 1.165) is 57.8 Å². The second-order valence-electron chi connectivity index (χ2n) is 20.5. The summed E-state index contributed by atoms with van der Waals surface area (Å²) in [5.41, 5.74) is 0. The minimum absolute atomic E-state index is 0.0172. The Labute approximate surface area is 403 Å². The first kappa shape index (κ1) is 63.8. The van der Waals surface area contributed by atoms with E-state index in [1.807, 2.05) is 33.3 Å². The molecule has 1 amide bonds. The van der Waals surface area contributed by atoms with E-state index in [1.165, 1.54) is 186 Å². The molecule has 386 valence electrons. The van der Waals surface area contributed by atoms with Gasteiger partial charge in [-0.15, -0.1) is 0 Å². The van der Waals surface area contributed by atoms with E-state index in [1.54, 1.807) is 0 Å². The molecule has 1 N–H and O–H groups in total. The van der Waals surface area contributed by atoms with E-state index in [9.17, 15) is 19.0 Å². The second-order valence-corrected chi connectivity index (χ2v) is 21.9. The molecule has 65 heavy (non-hydrogen) atoms. The van der Waals surface area contributed by atoms with Crippen molar-refractivity contribution in [2.75, 3.05) is 40.9 Å². The van der Waals surface area contributed by atoms with Gasteiger partial charge in [-0.05, 0) is 31.8 Å². The highest BCUT2D eigenvalue weighted by atomic mass is 31.2. The van der Waals surface area contributed by atoms with Gasteiger partial charge >= 0.3 is 5.97 Å². The number of carbonyl (C=O) groups excluding carboxylic acids is 2. The summed E-state index contributed by atoms with van der Waals surface area (Å²) < 4.78 is 30.2. The van der Waals surface area contributed by atoms with Crippen LogP contribution >= 0.6 is 7.82 Å². The van der Waals surface area contributed by atoms with Gasteiger partial charge in [-0.25, -0.2) is 0 Å². The highest BCUT2D eigenvalue weighted by molar-refractivity contribution is 7.45. The van der Waals surface area contributed by atoms with Crippen LogP contribution in [0.15, 0.2) is 12.2 Å². The number of carbonyl (C=O) groups is 2. The Morgan fingerprint density at radius 1 is 0.523 bits per heavy atom. The second kappa shape index (κ2) is 46.5. The van der Waals surface area contributed by atoms with Crippen molar-refractivity contribution in [2.45, 2.75) is 290 Å². The Hall–Kier alpha value is -1.25. The lowest BCUT2D eigenvalue weighted by Gasteiger charge is -2.30. The molecule has 0 aromatic rings. The summed E-state index contributed by atoms with van der Waals surface area (Å²) in [6.07, 6.45) is 50.3. The number of unbranched alkanes of at least 4 members (excludes halogenated alkanes) is 35. The third kappa shape index (κ3) is 47.6. The third-order valence-corrected chi connectivity index (χ3v) is 13.7. The number of rotatable bonds is 51. The Kier molecular flexibility index (Phi) is 45.6. The van der Waals surface area contributed by atoms with Gasteiger partial charge < -0.3 is 28.5 Å². The molecule has 0 aromatic carbocycles. The number of phosphoric ester groups is 1. The zero-order valence-corrected chi connectivity index (χ0v) is 44.9. The van der Waals surface area contributed by atoms with Crippen molar-refractivity contribution in [2.24, 2.45) is 0 Å². The molecule has 9 nitrogen and oxygen atoms in total. The molecule has 3 atom stereocenters. The number of hydrogen-bond donors (Lipinski definition) is 1. The molecule has 0 aromatic heterocycles. The molecule has 3 unspecified atom stereocenters. The van der Waals surface area contributed by atoms with E-state index in [0.29, 0.717) is 17.4 Å². The number of hydrogen-bond acceptors (Lipinski definition) is 7. The SMILES string of the molecule is CCCCCCCCCCC/C=C/C(OC(=O)CCCCCCCCCCCCC)C(COP(=O)([O-])OCC[N+](C)(C)C)NC(=O)CCCCCCCCCCCCCCCCCCC. The van der Waals surface area contributed by atoms with Crippen LogP contribution in [0, 0.1) is 0 Å². The topological polar surface area (TPSA) is 114 Å². The Balaban J connectivity index is 5.27. The van der Waals surface area contributed by atoms with Crippen LogP contribution in [-0.2, 0) is 27.9 Å². The van der Waals surface area contributed by atoms with Gasteiger partial charge in [-0.3, -0.25) is 14.2 Å². The van der Waals surface area contributed by atoms with Crippen molar-refractivity contribution in [1.82, 2.24) is 5.32 Å². The maximum absolute atomic E-state index is 13.4. The molecular weight excluding hydrogens is 832 g/mol. The lowest BCUT2D eigenvalue weighted by atomic mass is 10.0. The Bertz CT molecular complexity index is 1130. The number of phosphoric acid groups is 1. The van der Waals surface area contributed by atoms with Crippen LogP contribution < -0.4 is 10.2 Å². The minimum Gasteiger partial charge on any atom is -0.756 e. The van der Waals surface area contributed by atoms with Crippen LogP contribution in [0.5, 0.6) is 0 Å². The lowest BCUT2D eigenvalue weighted by Crippen LogP contribution is -2.47. The van der Waals surface area contributed by atoms with Crippen LogP contribution in [0.4, 0.5) is 0 Å². The number of nitrogens with one attached hydrogen (secondary N) is 1.